The van der Waals surface area contributed by atoms with Crippen LogP contribution < -0.4 is 4.72 Å². The predicted molar refractivity (Wildman–Crippen MR) is 78.1 cm³/mol. The number of nitrogens with zero attached hydrogens (tertiary/aromatic N) is 2. The molecule has 1 aliphatic rings. The molecule has 2 rings (SSSR count). The van der Waals surface area contributed by atoms with Crippen LogP contribution in [0.5, 0.6) is 0 Å². The van der Waals surface area contributed by atoms with Gasteiger partial charge in [0.05, 0.1) is 11.8 Å². The summed E-state index contributed by atoms with van der Waals surface area (Å²) in [4.78, 5) is 28.3. The third-order valence-electron chi connectivity index (χ3n) is 3.32. The molecule has 2 heterocycles. The van der Waals surface area contributed by atoms with Crippen molar-refractivity contribution in [2.45, 2.75) is 18.9 Å². The van der Waals surface area contributed by atoms with Gasteiger partial charge in [-0.2, -0.15) is 0 Å². The van der Waals surface area contributed by atoms with Crippen molar-refractivity contribution >= 4 is 21.9 Å². The van der Waals surface area contributed by atoms with Crippen LogP contribution in [0, 0.1) is 0 Å². The van der Waals surface area contributed by atoms with Crippen molar-refractivity contribution in [2.24, 2.45) is 0 Å². The minimum atomic E-state index is -3.32. The fraction of sp³-hybridized carbons (Fsp3) is 0.462. The SMILES string of the molecule is CS(=O)(=O)N[C@H]1CCCN(C(=O)c2ccc(C(=O)O)nc2)C1. The number of piperidine rings is 1. The van der Waals surface area contributed by atoms with E-state index in [0.717, 1.165) is 6.26 Å². The van der Waals surface area contributed by atoms with Gasteiger partial charge in [-0.05, 0) is 25.0 Å². The van der Waals surface area contributed by atoms with Gasteiger partial charge in [-0.3, -0.25) is 4.79 Å². The van der Waals surface area contributed by atoms with Crippen molar-refractivity contribution < 1.29 is 23.1 Å². The van der Waals surface area contributed by atoms with E-state index in [1.807, 2.05) is 0 Å². The molecule has 0 bridgehead atoms. The topological polar surface area (TPSA) is 117 Å². The van der Waals surface area contributed by atoms with E-state index >= 15 is 0 Å². The number of rotatable bonds is 4. The molecule has 120 valence electrons. The zero-order chi connectivity index (χ0) is 16.3. The molecule has 1 saturated heterocycles. The fourth-order valence-corrected chi connectivity index (χ4v) is 3.19. The van der Waals surface area contributed by atoms with E-state index < -0.39 is 16.0 Å². The molecule has 0 radical (unpaired) electrons. The van der Waals surface area contributed by atoms with Gasteiger partial charge in [-0.25, -0.2) is 22.9 Å². The molecule has 0 unspecified atom stereocenters. The van der Waals surface area contributed by atoms with Crippen LogP contribution in [0.3, 0.4) is 0 Å². The highest BCUT2D eigenvalue weighted by Gasteiger charge is 2.26. The molecule has 9 heteroatoms. The zero-order valence-electron chi connectivity index (χ0n) is 12.0. The second kappa shape index (κ2) is 6.41. The van der Waals surface area contributed by atoms with Crippen molar-refractivity contribution in [1.29, 1.82) is 0 Å². The Hall–Kier alpha value is -2.00. The minimum Gasteiger partial charge on any atom is -0.477 e. The number of aromatic carboxylic acids is 1. The van der Waals surface area contributed by atoms with Crippen LogP contribution in [-0.2, 0) is 10.0 Å². The van der Waals surface area contributed by atoms with Crippen molar-refractivity contribution in [1.82, 2.24) is 14.6 Å². The molecule has 2 N–H and O–H groups in total. The molecule has 1 amide bonds. The molecule has 22 heavy (non-hydrogen) atoms. The number of hydrogen-bond acceptors (Lipinski definition) is 5. The Morgan fingerprint density at radius 3 is 2.68 bits per heavy atom. The Labute approximate surface area is 128 Å². The first-order chi connectivity index (χ1) is 10.3. The lowest BCUT2D eigenvalue weighted by Crippen LogP contribution is -2.49. The molecule has 1 fully saturated rings. The van der Waals surface area contributed by atoms with Crippen LogP contribution in [0.4, 0.5) is 0 Å². The molecule has 1 aromatic rings. The van der Waals surface area contributed by atoms with E-state index in [-0.39, 0.29) is 29.8 Å². The summed E-state index contributed by atoms with van der Waals surface area (Å²) in [7, 11) is -3.32. The van der Waals surface area contributed by atoms with E-state index in [1.165, 1.54) is 18.3 Å². The molecule has 0 saturated carbocycles. The number of sulfonamides is 1. The minimum absolute atomic E-state index is 0.133. The quantitative estimate of drug-likeness (QED) is 0.800. The maximum atomic E-state index is 12.4. The molecule has 0 aliphatic carbocycles. The van der Waals surface area contributed by atoms with E-state index in [4.69, 9.17) is 5.11 Å². The first-order valence-corrected chi connectivity index (χ1v) is 8.61. The highest BCUT2D eigenvalue weighted by atomic mass is 32.2. The second-order valence-corrected chi connectivity index (χ2v) is 7.00. The van der Waals surface area contributed by atoms with Crippen molar-refractivity contribution in [3.05, 3.63) is 29.6 Å². The normalized spacial score (nSPS) is 19.0. The summed E-state index contributed by atoms with van der Waals surface area (Å²) in [6.07, 6.45) is 3.67. The monoisotopic (exact) mass is 327 g/mol. The van der Waals surface area contributed by atoms with Crippen LogP contribution >= 0.6 is 0 Å². The number of pyridine rings is 1. The summed E-state index contributed by atoms with van der Waals surface area (Å²) >= 11 is 0. The number of carbonyl (C=O) groups is 2. The standard InChI is InChI=1S/C13H17N3O5S/c1-22(20,21)15-10-3-2-6-16(8-10)12(17)9-4-5-11(13(18)19)14-7-9/h4-5,7,10,15H,2-3,6,8H2,1H3,(H,18,19)/t10-/m0/s1. The van der Waals surface area contributed by atoms with E-state index in [0.29, 0.717) is 19.4 Å². The average Bonchev–Trinajstić information content (AvgIpc) is 2.45. The summed E-state index contributed by atoms with van der Waals surface area (Å²) < 4.78 is 25.0. The third-order valence-corrected chi connectivity index (χ3v) is 4.08. The smallest absolute Gasteiger partial charge is 0.354 e. The summed E-state index contributed by atoms with van der Waals surface area (Å²) in [5.41, 5.74) is 0.150. The van der Waals surface area contributed by atoms with Crippen LogP contribution in [0.2, 0.25) is 0 Å². The number of nitrogens with one attached hydrogen (secondary N) is 1. The molecule has 0 spiro atoms. The van der Waals surface area contributed by atoms with Gasteiger partial charge >= 0.3 is 5.97 Å². The molecule has 0 aromatic carbocycles. The zero-order valence-corrected chi connectivity index (χ0v) is 12.8. The van der Waals surface area contributed by atoms with Crippen LogP contribution in [-0.4, -0.2) is 60.7 Å². The first kappa shape index (κ1) is 16.4. The van der Waals surface area contributed by atoms with Crippen molar-refractivity contribution in [3.63, 3.8) is 0 Å². The number of carboxylic acids is 1. The Morgan fingerprint density at radius 2 is 2.14 bits per heavy atom. The van der Waals surface area contributed by atoms with E-state index in [1.54, 1.807) is 4.90 Å². The molecular formula is C13H17N3O5S. The van der Waals surface area contributed by atoms with E-state index in [2.05, 4.69) is 9.71 Å². The van der Waals surface area contributed by atoms with Gasteiger partial charge in [0.2, 0.25) is 10.0 Å². The number of likely N-dealkylation sites (tertiary alicyclic amines) is 1. The van der Waals surface area contributed by atoms with Gasteiger partial charge in [0, 0.05) is 25.3 Å². The highest BCUT2D eigenvalue weighted by molar-refractivity contribution is 7.88. The predicted octanol–water partition coefficient (Wildman–Crippen LogP) is -0.0664. The van der Waals surface area contributed by atoms with Gasteiger partial charge in [0.25, 0.3) is 5.91 Å². The summed E-state index contributed by atoms with van der Waals surface area (Å²) in [6, 6.07) is 2.37. The maximum absolute atomic E-state index is 12.4. The maximum Gasteiger partial charge on any atom is 0.354 e. The van der Waals surface area contributed by atoms with Crippen molar-refractivity contribution in [3.8, 4) is 0 Å². The fourth-order valence-electron chi connectivity index (χ4n) is 2.39. The van der Waals surface area contributed by atoms with Gasteiger partial charge in [-0.1, -0.05) is 0 Å². The van der Waals surface area contributed by atoms with Crippen LogP contribution in [0.1, 0.15) is 33.7 Å². The molecule has 8 nitrogen and oxygen atoms in total. The second-order valence-electron chi connectivity index (χ2n) is 5.22. The van der Waals surface area contributed by atoms with Gasteiger partial charge in [-0.15, -0.1) is 0 Å². The van der Waals surface area contributed by atoms with Gasteiger partial charge in [0.15, 0.2) is 0 Å². The van der Waals surface area contributed by atoms with Crippen LogP contribution in [0.25, 0.3) is 0 Å². The first-order valence-electron chi connectivity index (χ1n) is 6.72. The molecule has 1 atom stereocenters. The lowest BCUT2D eigenvalue weighted by molar-refractivity contribution is 0.0680. The average molecular weight is 327 g/mol. The Kier molecular flexibility index (Phi) is 4.77. The van der Waals surface area contributed by atoms with Gasteiger partial charge in [0.1, 0.15) is 5.69 Å². The number of carbonyl (C=O) groups excluding carboxylic acids is 1. The van der Waals surface area contributed by atoms with E-state index in [9.17, 15) is 18.0 Å². The number of amides is 1. The molecule has 1 aromatic heterocycles. The lowest BCUT2D eigenvalue weighted by atomic mass is 10.1. The number of aromatic nitrogens is 1. The number of carboxylic acid groups (broad SMARTS) is 1. The third kappa shape index (κ3) is 4.25. The Balaban J connectivity index is 2.07. The van der Waals surface area contributed by atoms with Crippen molar-refractivity contribution in [2.75, 3.05) is 19.3 Å². The van der Waals surface area contributed by atoms with Crippen LogP contribution in [0.15, 0.2) is 18.3 Å². The Morgan fingerprint density at radius 1 is 1.41 bits per heavy atom. The summed E-state index contributed by atoms with van der Waals surface area (Å²) in [5.74, 6) is -1.45. The highest BCUT2D eigenvalue weighted by Crippen LogP contribution is 2.14. The van der Waals surface area contributed by atoms with Gasteiger partial charge < -0.3 is 10.0 Å². The largest absolute Gasteiger partial charge is 0.477 e. The number of hydrogen-bond donors (Lipinski definition) is 2. The summed E-state index contributed by atoms with van der Waals surface area (Å²) in [6.45, 7) is 0.814. The lowest BCUT2D eigenvalue weighted by Gasteiger charge is -2.32. The Bertz CT molecular complexity index is 671. The molecular weight excluding hydrogens is 310 g/mol. The molecule has 1 aliphatic heterocycles. The summed E-state index contributed by atoms with van der Waals surface area (Å²) in [5, 5.41) is 8.78.